The van der Waals surface area contributed by atoms with Crippen LogP contribution in [-0.4, -0.2) is 76.9 Å². The van der Waals surface area contributed by atoms with Crippen LogP contribution in [0.3, 0.4) is 0 Å². The van der Waals surface area contributed by atoms with Crippen LogP contribution < -0.4 is 9.47 Å². The number of nitro groups is 1. The molecule has 1 aliphatic heterocycles. The molecule has 6 unspecified atom stereocenters. The molecule has 3 aliphatic rings. The number of aldehydes is 1. The van der Waals surface area contributed by atoms with E-state index in [9.17, 15) is 29.9 Å². The maximum atomic E-state index is 14.6. The molecule has 1 fully saturated rings. The first-order valence-electron chi connectivity index (χ1n) is 23.2. The largest absolute Gasteiger partial charge is 0.459 e. The van der Waals surface area contributed by atoms with Crippen molar-refractivity contribution in [2.75, 3.05) is 26.9 Å². The van der Waals surface area contributed by atoms with Gasteiger partial charge in [0.25, 0.3) is 5.69 Å². The number of hydrogen-bond acceptors (Lipinski definition) is 12. The molecule has 1 amide bonds. The van der Waals surface area contributed by atoms with Crippen LogP contribution in [0.1, 0.15) is 77.9 Å². The third kappa shape index (κ3) is 10.0. The minimum Gasteiger partial charge on any atom is -0.459 e. The SMILES string of the molecule is C=CCOC12Oc3ccc(Oc4cccc(C=O)c4)cc3C3C(CCCCO)C(CCCCO)C=C(C(=NOCc4ccc([N+](=O)[O-])cc4)CC1N(Cc1cccc4ccccc14)C(=O)OC)C32. The summed E-state index contributed by atoms with van der Waals surface area (Å²) in [5.41, 5.74) is 4.24. The summed E-state index contributed by atoms with van der Waals surface area (Å²) >= 11 is 0. The Morgan fingerprint density at radius 3 is 2.44 bits per heavy atom. The second-order valence-electron chi connectivity index (χ2n) is 17.5. The fourth-order valence-corrected chi connectivity index (χ4v) is 10.4. The number of non-ortho nitro benzene ring substituents is 1. The molecule has 14 heteroatoms. The minimum absolute atomic E-state index is 0.0113. The Morgan fingerprint density at radius 2 is 1.69 bits per heavy atom. The molecule has 1 heterocycles. The lowest BCUT2D eigenvalue weighted by molar-refractivity contribution is -0.384. The number of nitro benzene ring substituents is 1. The first-order valence-corrected chi connectivity index (χ1v) is 23.2. The van der Waals surface area contributed by atoms with E-state index in [4.69, 9.17) is 28.9 Å². The molecule has 354 valence electrons. The third-order valence-electron chi connectivity index (χ3n) is 13.4. The highest BCUT2D eigenvalue weighted by atomic mass is 16.7. The maximum absolute atomic E-state index is 14.6. The van der Waals surface area contributed by atoms with Gasteiger partial charge in [-0.05, 0) is 107 Å². The number of ether oxygens (including phenoxy) is 4. The van der Waals surface area contributed by atoms with E-state index < -0.39 is 28.8 Å². The molecule has 1 saturated carbocycles. The molecular formula is C54H57N3O11. The number of allylic oxidation sites excluding steroid dienone is 1. The summed E-state index contributed by atoms with van der Waals surface area (Å²) < 4.78 is 26.6. The molecule has 5 aromatic rings. The predicted molar refractivity (Wildman–Crippen MR) is 257 cm³/mol. The van der Waals surface area contributed by atoms with Crippen molar-refractivity contribution < 1.29 is 48.5 Å². The van der Waals surface area contributed by atoms with Gasteiger partial charge in [-0.2, -0.15) is 0 Å². The van der Waals surface area contributed by atoms with Crippen molar-refractivity contribution >= 4 is 34.6 Å². The van der Waals surface area contributed by atoms with E-state index in [0.717, 1.165) is 59.4 Å². The Labute approximate surface area is 395 Å². The van der Waals surface area contributed by atoms with Crippen molar-refractivity contribution in [1.82, 2.24) is 4.90 Å². The molecule has 0 bridgehead atoms. The molecule has 8 rings (SSSR count). The van der Waals surface area contributed by atoms with Gasteiger partial charge in [-0.15, -0.1) is 6.58 Å². The molecule has 5 aromatic carbocycles. The minimum atomic E-state index is -1.56. The molecule has 2 N–H and O–H groups in total. The highest BCUT2D eigenvalue weighted by molar-refractivity contribution is 6.03. The summed E-state index contributed by atoms with van der Waals surface area (Å²) in [6.07, 6.45) is 8.37. The number of unbranched alkanes of at least 4 members (excludes halogenated alkanes) is 2. The van der Waals surface area contributed by atoms with Crippen LogP contribution in [0.25, 0.3) is 10.8 Å². The zero-order chi connectivity index (χ0) is 47.6. The number of rotatable bonds is 21. The number of aliphatic hydroxyl groups excluding tert-OH is 2. The summed E-state index contributed by atoms with van der Waals surface area (Å²) in [6, 6.07) is 31.8. The summed E-state index contributed by atoms with van der Waals surface area (Å²) in [7, 11) is 1.35. The zero-order valence-corrected chi connectivity index (χ0v) is 38.1. The van der Waals surface area contributed by atoms with Gasteiger partial charge in [0.1, 0.15) is 36.2 Å². The molecule has 0 spiro atoms. The average molecular weight is 924 g/mol. The molecular weight excluding hydrogens is 867 g/mol. The lowest BCUT2D eigenvalue weighted by Gasteiger charge is -2.59. The van der Waals surface area contributed by atoms with E-state index in [0.29, 0.717) is 46.9 Å². The molecule has 68 heavy (non-hydrogen) atoms. The number of fused-ring (bicyclic) bond motifs is 3. The van der Waals surface area contributed by atoms with Gasteiger partial charge in [0.2, 0.25) is 5.79 Å². The summed E-state index contributed by atoms with van der Waals surface area (Å²) in [4.78, 5) is 45.1. The van der Waals surface area contributed by atoms with Gasteiger partial charge in [0.05, 0.1) is 36.8 Å². The molecule has 2 aliphatic carbocycles. The molecule has 0 radical (unpaired) electrons. The van der Waals surface area contributed by atoms with E-state index in [-0.39, 0.29) is 62.8 Å². The second kappa shape index (κ2) is 21.8. The highest BCUT2D eigenvalue weighted by Crippen LogP contribution is 2.62. The van der Waals surface area contributed by atoms with Crippen molar-refractivity contribution in [2.24, 2.45) is 22.9 Å². The predicted octanol–water partition coefficient (Wildman–Crippen LogP) is 10.5. The van der Waals surface area contributed by atoms with Crippen LogP contribution in [-0.2, 0) is 27.5 Å². The Balaban J connectivity index is 1.34. The van der Waals surface area contributed by atoms with Gasteiger partial charge < -0.3 is 34.0 Å². The molecule has 0 aromatic heterocycles. The third-order valence-corrected chi connectivity index (χ3v) is 13.4. The van der Waals surface area contributed by atoms with Gasteiger partial charge >= 0.3 is 6.09 Å². The van der Waals surface area contributed by atoms with Gasteiger partial charge in [-0.1, -0.05) is 84.7 Å². The van der Waals surface area contributed by atoms with Crippen LogP contribution in [0.2, 0.25) is 0 Å². The Bertz CT molecular complexity index is 2660. The maximum Gasteiger partial charge on any atom is 0.410 e. The number of hydrogen-bond donors (Lipinski definition) is 2. The van der Waals surface area contributed by atoms with Crippen molar-refractivity contribution in [3.8, 4) is 17.2 Å². The lowest BCUT2D eigenvalue weighted by Crippen LogP contribution is -2.70. The van der Waals surface area contributed by atoms with Crippen LogP contribution in [0.5, 0.6) is 17.2 Å². The monoisotopic (exact) mass is 923 g/mol. The average Bonchev–Trinajstić information content (AvgIpc) is 3.36. The van der Waals surface area contributed by atoms with E-state index in [1.807, 2.05) is 60.7 Å². The van der Waals surface area contributed by atoms with Gasteiger partial charge in [0, 0.05) is 48.8 Å². The Kier molecular flexibility index (Phi) is 15.3. The topological polar surface area (TPSA) is 179 Å². The number of aliphatic hydroxyl groups is 2. The number of amides is 1. The zero-order valence-electron chi connectivity index (χ0n) is 38.1. The van der Waals surface area contributed by atoms with Crippen molar-refractivity contribution in [3.63, 3.8) is 0 Å². The number of methoxy groups -OCH3 is 1. The summed E-state index contributed by atoms with van der Waals surface area (Å²) in [6.45, 7) is 4.33. The normalized spacial score (nSPS) is 22.0. The number of nitrogens with zero attached hydrogens (tertiary/aromatic N) is 3. The fraction of sp³-hybridized carbons (Fsp3) is 0.352. The van der Waals surface area contributed by atoms with Crippen LogP contribution in [0.4, 0.5) is 10.5 Å². The summed E-state index contributed by atoms with van der Waals surface area (Å²) in [5, 5.41) is 38.3. The first kappa shape index (κ1) is 47.6. The summed E-state index contributed by atoms with van der Waals surface area (Å²) in [5.74, 6) is -1.04. The van der Waals surface area contributed by atoms with Crippen molar-refractivity contribution in [2.45, 2.75) is 75.8 Å². The Morgan fingerprint density at radius 1 is 0.941 bits per heavy atom. The van der Waals surface area contributed by atoms with Crippen LogP contribution >= 0.6 is 0 Å². The van der Waals surface area contributed by atoms with Crippen LogP contribution in [0.15, 0.2) is 139 Å². The highest BCUT2D eigenvalue weighted by Gasteiger charge is 2.65. The first-order chi connectivity index (χ1) is 33.2. The number of oxime groups is 1. The van der Waals surface area contributed by atoms with E-state index in [1.165, 1.54) is 19.2 Å². The lowest BCUT2D eigenvalue weighted by atomic mass is 9.55. The number of carbonyl (C=O) groups is 2. The Hall–Kier alpha value is -6.87. The van der Waals surface area contributed by atoms with Gasteiger partial charge in [-0.25, -0.2) is 4.79 Å². The fourth-order valence-electron chi connectivity index (χ4n) is 10.4. The second-order valence-corrected chi connectivity index (χ2v) is 17.5. The number of carbonyl (C=O) groups excluding carboxylic acids is 2. The smallest absolute Gasteiger partial charge is 0.410 e. The molecule has 0 saturated heterocycles. The van der Waals surface area contributed by atoms with Gasteiger partial charge in [-0.3, -0.25) is 19.8 Å². The van der Waals surface area contributed by atoms with Gasteiger partial charge in [0.15, 0.2) is 0 Å². The van der Waals surface area contributed by atoms with E-state index in [2.05, 4.69) is 12.7 Å². The van der Waals surface area contributed by atoms with E-state index in [1.54, 1.807) is 47.4 Å². The molecule has 6 atom stereocenters. The van der Waals surface area contributed by atoms with Crippen molar-refractivity contribution in [3.05, 3.63) is 166 Å². The quantitative estimate of drug-likeness (QED) is 0.0235. The standard InChI is InChI=1S/C54H57N3O11/c1-3-28-65-54-50(56(53(61)64-2)33-40-16-11-15-38-13-4-5-18-44(38)40)32-48(55-66-35-36-20-22-41(23-21-36)57(62)63)46-30-39(14-6-8-26-58)45(19-7-9-27-59)51(52(46)54)47-31-43(24-25-49(47)68-54)67-42-17-10-12-37(29-42)34-60/h3-5,10-13,15-18,20-25,29-31,34,39,45,50-52,58-59H,1,6-9,14,19,26-28,32-33,35H2,2H3. The number of benzene rings is 5. The molecule has 14 nitrogen and oxygen atoms in total. The van der Waals surface area contributed by atoms with Crippen LogP contribution in [0, 0.1) is 27.9 Å². The van der Waals surface area contributed by atoms with Crippen molar-refractivity contribution in [1.29, 1.82) is 0 Å². The van der Waals surface area contributed by atoms with E-state index >= 15 is 0 Å².